The van der Waals surface area contributed by atoms with Gasteiger partial charge in [-0.2, -0.15) is 4.98 Å². The molecule has 1 N–H and O–H groups in total. The Labute approximate surface area is 97.7 Å². The van der Waals surface area contributed by atoms with Crippen LogP contribution in [-0.4, -0.2) is 28.8 Å². The molecule has 1 aromatic heterocycles. The molecule has 0 unspecified atom stereocenters. The van der Waals surface area contributed by atoms with Crippen molar-refractivity contribution < 1.29 is 32.5 Å². The van der Waals surface area contributed by atoms with Crippen LogP contribution in [0.4, 0.5) is 13.2 Å². The van der Waals surface area contributed by atoms with E-state index in [0.29, 0.717) is 6.07 Å². The largest absolute Gasteiger partial charge is 0.574 e. The van der Waals surface area contributed by atoms with Gasteiger partial charge in [-0.3, -0.25) is 4.79 Å². The van der Waals surface area contributed by atoms with Gasteiger partial charge in [0.05, 0.1) is 12.7 Å². The predicted molar refractivity (Wildman–Crippen MR) is 49.3 cm³/mol. The van der Waals surface area contributed by atoms with Crippen molar-refractivity contribution in [1.29, 1.82) is 0 Å². The average Bonchev–Trinajstić information content (AvgIpc) is 2.17. The van der Waals surface area contributed by atoms with E-state index in [9.17, 15) is 23.1 Å². The van der Waals surface area contributed by atoms with Crippen molar-refractivity contribution in [3.8, 4) is 17.5 Å². The standard InChI is InChI=1S/C8H5ClF3NO4/c1-16-7-5(14)3(6(9)15)2-4(13-7)17-8(10,11)12/h2,14H,1H3. The highest BCUT2D eigenvalue weighted by molar-refractivity contribution is 6.68. The van der Waals surface area contributed by atoms with Crippen LogP contribution >= 0.6 is 11.6 Å². The molecule has 1 rings (SSSR count). The number of ether oxygens (including phenoxy) is 2. The fraction of sp³-hybridized carbons (Fsp3) is 0.250. The molecular formula is C8H5ClF3NO4. The van der Waals surface area contributed by atoms with Crippen LogP contribution in [0.15, 0.2) is 6.07 Å². The lowest BCUT2D eigenvalue weighted by Gasteiger charge is -2.11. The van der Waals surface area contributed by atoms with E-state index in [1.54, 1.807) is 0 Å². The fourth-order valence-electron chi connectivity index (χ4n) is 0.955. The van der Waals surface area contributed by atoms with E-state index >= 15 is 0 Å². The van der Waals surface area contributed by atoms with Crippen molar-refractivity contribution in [3.05, 3.63) is 11.6 Å². The molecule has 5 nitrogen and oxygen atoms in total. The van der Waals surface area contributed by atoms with Crippen molar-refractivity contribution in [1.82, 2.24) is 4.98 Å². The molecule has 0 atom stereocenters. The molecule has 0 aliphatic heterocycles. The van der Waals surface area contributed by atoms with E-state index in [1.807, 2.05) is 0 Å². The summed E-state index contributed by atoms with van der Waals surface area (Å²) in [5, 5.41) is 8.18. The van der Waals surface area contributed by atoms with Gasteiger partial charge >= 0.3 is 6.36 Å². The van der Waals surface area contributed by atoms with Gasteiger partial charge in [-0.15, -0.1) is 13.2 Å². The van der Waals surface area contributed by atoms with Crippen LogP contribution < -0.4 is 9.47 Å². The maximum absolute atomic E-state index is 11.9. The Morgan fingerprint density at radius 3 is 2.53 bits per heavy atom. The third-order valence-electron chi connectivity index (χ3n) is 1.56. The number of halogens is 4. The molecular weight excluding hydrogens is 267 g/mol. The molecule has 9 heteroatoms. The number of carbonyl (C=O) groups excluding carboxylic acids is 1. The van der Waals surface area contributed by atoms with E-state index in [2.05, 4.69) is 14.5 Å². The van der Waals surface area contributed by atoms with Crippen molar-refractivity contribution in [3.63, 3.8) is 0 Å². The minimum atomic E-state index is -4.98. The molecule has 0 amide bonds. The molecule has 17 heavy (non-hydrogen) atoms. The second-order valence-electron chi connectivity index (χ2n) is 2.69. The third-order valence-corrected chi connectivity index (χ3v) is 1.77. The Kier molecular flexibility index (Phi) is 3.66. The molecule has 0 aliphatic carbocycles. The molecule has 0 fully saturated rings. The molecule has 0 bridgehead atoms. The Balaban J connectivity index is 3.25. The van der Waals surface area contributed by atoms with Gasteiger partial charge in [0, 0.05) is 6.07 Å². The van der Waals surface area contributed by atoms with Crippen molar-refractivity contribution in [2.24, 2.45) is 0 Å². The van der Waals surface area contributed by atoms with Crippen molar-refractivity contribution >= 4 is 16.8 Å². The second-order valence-corrected chi connectivity index (χ2v) is 3.03. The number of rotatable bonds is 3. The lowest BCUT2D eigenvalue weighted by atomic mass is 10.2. The highest BCUT2D eigenvalue weighted by atomic mass is 35.5. The van der Waals surface area contributed by atoms with E-state index in [-0.39, 0.29) is 0 Å². The Morgan fingerprint density at radius 1 is 1.53 bits per heavy atom. The number of aromatic hydroxyl groups is 1. The van der Waals surface area contributed by atoms with Gasteiger partial charge in [0.25, 0.3) is 11.1 Å². The van der Waals surface area contributed by atoms with Gasteiger partial charge in [-0.05, 0) is 11.6 Å². The summed E-state index contributed by atoms with van der Waals surface area (Å²) in [6, 6.07) is 0.556. The van der Waals surface area contributed by atoms with Gasteiger partial charge in [0.1, 0.15) is 0 Å². The Hall–Kier alpha value is -1.70. The van der Waals surface area contributed by atoms with Gasteiger partial charge in [0.2, 0.25) is 5.88 Å². The minimum absolute atomic E-state index is 0.556. The fourth-order valence-corrected chi connectivity index (χ4v) is 1.10. The van der Waals surface area contributed by atoms with Gasteiger partial charge < -0.3 is 14.6 Å². The molecule has 0 spiro atoms. The highest BCUT2D eigenvalue weighted by Crippen LogP contribution is 2.33. The number of carbonyl (C=O) groups is 1. The first-order valence-corrected chi connectivity index (χ1v) is 4.36. The zero-order chi connectivity index (χ0) is 13.2. The zero-order valence-corrected chi connectivity index (χ0v) is 8.96. The quantitative estimate of drug-likeness (QED) is 0.852. The van der Waals surface area contributed by atoms with Gasteiger partial charge in [0.15, 0.2) is 5.75 Å². The summed E-state index contributed by atoms with van der Waals surface area (Å²) < 4.78 is 43.7. The van der Waals surface area contributed by atoms with Crippen LogP contribution in [0.5, 0.6) is 17.5 Å². The smallest absolute Gasteiger partial charge is 0.503 e. The number of pyridine rings is 1. The molecule has 0 radical (unpaired) electrons. The normalized spacial score (nSPS) is 11.1. The summed E-state index contributed by atoms with van der Waals surface area (Å²) in [5.74, 6) is -2.33. The summed E-state index contributed by atoms with van der Waals surface area (Å²) in [4.78, 5) is 14.0. The molecule has 0 aliphatic rings. The number of nitrogens with zero attached hydrogens (tertiary/aromatic N) is 1. The second kappa shape index (κ2) is 4.66. The first-order valence-electron chi connectivity index (χ1n) is 3.98. The van der Waals surface area contributed by atoms with Crippen LogP contribution in [0.2, 0.25) is 0 Å². The Morgan fingerprint density at radius 2 is 2.12 bits per heavy atom. The number of hydrogen-bond acceptors (Lipinski definition) is 5. The topological polar surface area (TPSA) is 68.7 Å². The van der Waals surface area contributed by atoms with E-state index < -0.39 is 34.7 Å². The van der Waals surface area contributed by atoms with Crippen LogP contribution in [0, 0.1) is 0 Å². The van der Waals surface area contributed by atoms with Crippen LogP contribution in [0.1, 0.15) is 10.4 Å². The van der Waals surface area contributed by atoms with Crippen molar-refractivity contribution in [2.45, 2.75) is 6.36 Å². The molecule has 94 valence electrons. The van der Waals surface area contributed by atoms with E-state index in [1.165, 1.54) is 0 Å². The maximum Gasteiger partial charge on any atom is 0.574 e. The summed E-state index contributed by atoms with van der Waals surface area (Å²) in [7, 11) is 1.04. The molecule has 0 aromatic carbocycles. The summed E-state index contributed by atoms with van der Waals surface area (Å²) in [5.41, 5.74) is -0.599. The van der Waals surface area contributed by atoms with Crippen LogP contribution in [0.3, 0.4) is 0 Å². The number of aromatic nitrogens is 1. The molecule has 0 saturated heterocycles. The van der Waals surface area contributed by atoms with Gasteiger partial charge in [-0.1, -0.05) is 0 Å². The molecule has 1 aromatic rings. The van der Waals surface area contributed by atoms with Crippen LogP contribution in [0.25, 0.3) is 0 Å². The summed E-state index contributed by atoms with van der Waals surface area (Å²) >= 11 is 5.06. The molecule has 0 saturated carbocycles. The Bertz CT molecular complexity index is 449. The monoisotopic (exact) mass is 271 g/mol. The summed E-state index contributed by atoms with van der Waals surface area (Å²) in [6.07, 6.45) is -4.98. The number of alkyl halides is 3. The van der Waals surface area contributed by atoms with E-state index in [0.717, 1.165) is 7.11 Å². The first kappa shape index (κ1) is 13.4. The first-order chi connectivity index (χ1) is 7.74. The number of methoxy groups -OCH3 is 1. The number of hydrogen-bond donors (Lipinski definition) is 1. The highest BCUT2D eigenvalue weighted by Gasteiger charge is 2.33. The van der Waals surface area contributed by atoms with E-state index in [4.69, 9.17) is 11.6 Å². The lowest BCUT2D eigenvalue weighted by molar-refractivity contribution is -0.276. The average molecular weight is 272 g/mol. The predicted octanol–water partition coefficient (Wildman–Crippen LogP) is 2.07. The SMILES string of the molecule is COc1nc(OC(F)(F)F)cc(C(=O)Cl)c1O. The van der Waals surface area contributed by atoms with Gasteiger partial charge in [-0.25, -0.2) is 0 Å². The third kappa shape index (κ3) is 3.38. The minimum Gasteiger partial charge on any atom is -0.503 e. The van der Waals surface area contributed by atoms with Crippen LogP contribution in [-0.2, 0) is 0 Å². The lowest BCUT2D eigenvalue weighted by Crippen LogP contribution is -2.18. The summed E-state index contributed by atoms with van der Waals surface area (Å²) in [6.45, 7) is 0. The van der Waals surface area contributed by atoms with Crippen molar-refractivity contribution in [2.75, 3.05) is 7.11 Å². The molecule has 1 heterocycles. The zero-order valence-electron chi connectivity index (χ0n) is 8.21. The maximum atomic E-state index is 11.9.